The van der Waals surface area contributed by atoms with Gasteiger partial charge in [-0.15, -0.1) is 5.10 Å². The summed E-state index contributed by atoms with van der Waals surface area (Å²) in [7, 11) is 0. The number of nitrogens with zero attached hydrogens (tertiary/aromatic N) is 4. The average molecular weight is 302 g/mol. The van der Waals surface area contributed by atoms with E-state index in [1.807, 2.05) is 6.07 Å². The first-order valence-corrected chi connectivity index (χ1v) is 6.82. The zero-order valence-corrected chi connectivity index (χ0v) is 11.8. The largest absolute Gasteiger partial charge is 0.456 e. The summed E-state index contributed by atoms with van der Waals surface area (Å²) >= 11 is 0.964. The Bertz CT molecular complexity index is 754. The number of pyridine rings is 1. The Labute approximate surface area is 123 Å². The Morgan fingerprint density at radius 1 is 1.48 bits per heavy atom. The van der Waals surface area contributed by atoms with Crippen LogP contribution in [-0.2, 0) is 11.3 Å². The zero-order chi connectivity index (χ0) is 14.7. The summed E-state index contributed by atoms with van der Waals surface area (Å²) in [5, 5.41) is 3.91. The summed E-state index contributed by atoms with van der Waals surface area (Å²) in [5.74, 6) is -0.00261. The van der Waals surface area contributed by atoms with E-state index in [9.17, 15) is 4.79 Å². The minimum absolute atomic E-state index is 0.141. The number of rotatable bonds is 4. The molecule has 21 heavy (non-hydrogen) atoms. The molecule has 8 heteroatoms. The number of aryl methyl sites for hydroxylation is 1. The number of carbonyl (C=O) groups is 1. The van der Waals surface area contributed by atoms with Gasteiger partial charge < -0.3 is 9.15 Å². The average Bonchev–Trinajstić information content (AvgIpc) is 3.14. The van der Waals surface area contributed by atoms with E-state index < -0.39 is 5.97 Å². The fourth-order valence-corrected chi connectivity index (χ4v) is 2.23. The molecule has 0 atom stereocenters. The van der Waals surface area contributed by atoms with Crippen molar-refractivity contribution in [2.75, 3.05) is 0 Å². The zero-order valence-electron chi connectivity index (χ0n) is 11.0. The molecule has 3 rings (SSSR count). The summed E-state index contributed by atoms with van der Waals surface area (Å²) in [4.78, 5) is 20.5. The molecule has 106 valence electrons. The van der Waals surface area contributed by atoms with Gasteiger partial charge in [0.25, 0.3) is 0 Å². The Morgan fingerprint density at radius 3 is 3.10 bits per heavy atom. The van der Waals surface area contributed by atoms with Gasteiger partial charge in [-0.3, -0.25) is 4.98 Å². The Kier molecular flexibility index (Phi) is 3.69. The number of carbonyl (C=O) groups excluding carboxylic acids is 1. The van der Waals surface area contributed by atoms with Crippen molar-refractivity contribution in [1.82, 2.24) is 19.6 Å². The van der Waals surface area contributed by atoms with Gasteiger partial charge in [-0.25, -0.2) is 9.78 Å². The lowest BCUT2D eigenvalue weighted by molar-refractivity contribution is 0.0479. The molecule has 0 aromatic carbocycles. The highest BCUT2D eigenvalue weighted by atomic mass is 32.1. The van der Waals surface area contributed by atoms with Gasteiger partial charge >= 0.3 is 5.97 Å². The maximum absolute atomic E-state index is 12.1. The van der Waals surface area contributed by atoms with Crippen LogP contribution >= 0.6 is 11.5 Å². The highest BCUT2D eigenvalue weighted by Crippen LogP contribution is 2.24. The van der Waals surface area contributed by atoms with Crippen molar-refractivity contribution < 1.29 is 13.9 Å². The van der Waals surface area contributed by atoms with Crippen LogP contribution in [0.3, 0.4) is 0 Å². The third-order valence-corrected chi connectivity index (χ3v) is 3.33. The summed E-state index contributed by atoms with van der Waals surface area (Å²) in [6, 6.07) is 3.61. The number of aromatic nitrogens is 4. The molecule has 3 heterocycles. The molecule has 0 amide bonds. The lowest BCUT2D eigenvalue weighted by Crippen LogP contribution is -2.05. The maximum atomic E-state index is 12.1. The van der Waals surface area contributed by atoms with E-state index in [4.69, 9.17) is 9.15 Å². The predicted octanol–water partition coefficient (Wildman–Crippen LogP) is 2.25. The number of ether oxygens (including phenoxy) is 1. The predicted molar refractivity (Wildman–Crippen MR) is 73.5 cm³/mol. The smallest absolute Gasteiger partial charge is 0.352 e. The minimum atomic E-state index is -0.496. The molecule has 7 nitrogen and oxygen atoms in total. The van der Waals surface area contributed by atoms with Crippen molar-refractivity contribution in [3.05, 3.63) is 47.1 Å². The van der Waals surface area contributed by atoms with E-state index in [-0.39, 0.29) is 6.61 Å². The second-order valence-corrected chi connectivity index (χ2v) is 4.89. The van der Waals surface area contributed by atoms with E-state index in [1.165, 1.54) is 6.26 Å². The van der Waals surface area contributed by atoms with Gasteiger partial charge in [0.15, 0.2) is 10.8 Å². The van der Waals surface area contributed by atoms with Gasteiger partial charge in [-0.1, -0.05) is 10.6 Å². The Morgan fingerprint density at radius 2 is 2.38 bits per heavy atom. The lowest BCUT2D eigenvalue weighted by Gasteiger charge is -2.03. The van der Waals surface area contributed by atoms with Crippen LogP contribution < -0.4 is 0 Å². The fourth-order valence-electron chi connectivity index (χ4n) is 1.66. The first-order valence-electron chi connectivity index (χ1n) is 6.05. The molecule has 3 aromatic heterocycles. The van der Waals surface area contributed by atoms with Gasteiger partial charge in [0.05, 0.1) is 0 Å². The summed E-state index contributed by atoms with van der Waals surface area (Å²) < 4.78 is 14.1. The van der Waals surface area contributed by atoms with Crippen LogP contribution in [0.2, 0.25) is 0 Å². The molecule has 0 unspecified atom stereocenters. The van der Waals surface area contributed by atoms with Crippen molar-refractivity contribution in [1.29, 1.82) is 0 Å². The molecule has 0 bridgehead atoms. The molecule has 0 radical (unpaired) electrons. The molecular weight excluding hydrogens is 292 g/mol. The minimum Gasteiger partial charge on any atom is -0.456 e. The molecule has 0 saturated heterocycles. The van der Waals surface area contributed by atoms with Crippen LogP contribution in [-0.4, -0.2) is 25.5 Å². The fraction of sp³-hybridized carbons (Fsp3) is 0.154. The third kappa shape index (κ3) is 2.95. The van der Waals surface area contributed by atoms with Crippen LogP contribution in [0.5, 0.6) is 0 Å². The second-order valence-electron chi connectivity index (χ2n) is 4.14. The lowest BCUT2D eigenvalue weighted by atomic mass is 10.3. The molecule has 0 N–H and O–H groups in total. The molecule has 0 aliphatic carbocycles. The highest BCUT2D eigenvalue weighted by molar-refractivity contribution is 7.08. The standard InChI is InChI=1S/C13H10N4O3S/c1-8-15-10(7-19-8)11-12(21-17-16-11)13(18)20-6-9-3-2-4-14-5-9/h2-5,7H,6H2,1H3. The Hall–Kier alpha value is -2.61. The monoisotopic (exact) mass is 302 g/mol. The molecular formula is C13H10N4O3S. The molecule has 0 spiro atoms. The van der Waals surface area contributed by atoms with Crippen LogP contribution in [0.4, 0.5) is 0 Å². The van der Waals surface area contributed by atoms with Gasteiger partial charge in [0.1, 0.15) is 24.3 Å². The number of hydrogen-bond donors (Lipinski definition) is 0. The van der Waals surface area contributed by atoms with E-state index in [1.54, 1.807) is 25.4 Å². The van der Waals surface area contributed by atoms with Crippen LogP contribution in [0.1, 0.15) is 21.1 Å². The molecule has 0 aliphatic heterocycles. The van der Waals surface area contributed by atoms with Crippen LogP contribution in [0.15, 0.2) is 35.2 Å². The number of oxazole rings is 1. The normalized spacial score (nSPS) is 10.5. The maximum Gasteiger partial charge on any atom is 0.352 e. The topological polar surface area (TPSA) is 91.0 Å². The molecule has 0 aliphatic rings. The van der Waals surface area contributed by atoms with Gasteiger partial charge in [-0.05, 0) is 17.6 Å². The van der Waals surface area contributed by atoms with Gasteiger partial charge in [0, 0.05) is 24.9 Å². The molecule has 3 aromatic rings. The first kappa shape index (κ1) is 13.4. The summed E-state index contributed by atoms with van der Waals surface area (Å²) in [6.07, 6.45) is 4.73. The van der Waals surface area contributed by atoms with Gasteiger partial charge in [-0.2, -0.15) is 0 Å². The number of esters is 1. The SMILES string of the molecule is Cc1nc(-c2nnsc2C(=O)OCc2cccnc2)co1. The second kappa shape index (κ2) is 5.80. The van der Waals surface area contributed by atoms with Crippen LogP contribution in [0, 0.1) is 6.92 Å². The molecule has 0 fully saturated rings. The van der Waals surface area contributed by atoms with Crippen molar-refractivity contribution in [2.45, 2.75) is 13.5 Å². The van der Waals surface area contributed by atoms with E-state index in [0.717, 1.165) is 17.1 Å². The van der Waals surface area contributed by atoms with E-state index in [2.05, 4.69) is 19.6 Å². The van der Waals surface area contributed by atoms with Crippen molar-refractivity contribution in [2.24, 2.45) is 0 Å². The van der Waals surface area contributed by atoms with Crippen LogP contribution in [0.25, 0.3) is 11.4 Å². The molecule has 0 saturated carbocycles. The first-order chi connectivity index (χ1) is 10.2. The van der Waals surface area contributed by atoms with Crippen molar-refractivity contribution in [3.8, 4) is 11.4 Å². The van der Waals surface area contributed by atoms with E-state index >= 15 is 0 Å². The van der Waals surface area contributed by atoms with Crippen molar-refractivity contribution >= 4 is 17.5 Å². The van der Waals surface area contributed by atoms with Gasteiger partial charge in [0.2, 0.25) is 0 Å². The Balaban J connectivity index is 1.75. The summed E-state index contributed by atoms with van der Waals surface area (Å²) in [5.41, 5.74) is 1.64. The van der Waals surface area contributed by atoms with E-state index in [0.29, 0.717) is 22.2 Å². The number of hydrogen-bond acceptors (Lipinski definition) is 8. The third-order valence-electron chi connectivity index (χ3n) is 2.63. The highest BCUT2D eigenvalue weighted by Gasteiger charge is 2.21. The quantitative estimate of drug-likeness (QED) is 0.682. The van der Waals surface area contributed by atoms with Crippen molar-refractivity contribution in [3.63, 3.8) is 0 Å². The summed E-state index contributed by atoms with van der Waals surface area (Å²) in [6.45, 7) is 1.85.